The Morgan fingerprint density at radius 3 is 1.72 bits per heavy atom. The number of rotatable bonds is 10. The van der Waals surface area contributed by atoms with E-state index in [1.54, 1.807) is 0 Å². The average Bonchev–Trinajstić information content (AvgIpc) is 2.39. The highest BCUT2D eigenvalue weighted by atomic mass is 79.9. The fourth-order valence-corrected chi connectivity index (χ4v) is 2.09. The molecule has 0 aromatic carbocycles. The fraction of sp³-hybridized carbons (Fsp3) is 0.765. The van der Waals surface area contributed by atoms with Crippen LogP contribution < -0.4 is 0 Å². The third-order valence-corrected chi connectivity index (χ3v) is 3.39. The standard InChI is InChI=1S/C17H27Br/c1-2-3-4-5-6-7-8-9-10-11-12-13-14-15-16-17-18/h2-5,10-17H2,1H3. The summed E-state index contributed by atoms with van der Waals surface area (Å²) in [6, 6.07) is 0. The SMILES string of the molecule is CCCCCC#CC#CCCCCCCCCBr. The zero-order valence-corrected chi connectivity index (χ0v) is 13.4. The van der Waals surface area contributed by atoms with Crippen LogP contribution in [0, 0.1) is 23.7 Å². The Morgan fingerprint density at radius 1 is 0.667 bits per heavy atom. The molecule has 0 heterocycles. The second-order valence-electron chi connectivity index (χ2n) is 4.62. The molecular weight excluding hydrogens is 284 g/mol. The van der Waals surface area contributed by atoms with Crippen molar-refractivity contribution in [1.82, 2.24) is 0 Å². The molecule has 0 N–H and O–H groups in total. The van der Waals surface area contributed by atoms with Crippen LogP contribution in [0.4, 0.5) is 0 Å². The number of hydrogen-bond donors (Lipinski definition) is 0. The lowest BCUT2D eigenvalue weighted by Gasteiger charge is -1.97. The van der Waals surface area contributed by atoms with Crippen LogP contribution in [0.5, 0.6) is 0 Å². The van der Waals surface area contributed by atoms with Gasteiger partial charge in [0.2, 0.25) is 0 Å². The molecule has 0 fully saturated rings. The lowest BCUT2D eigenvalue weighted by molar-refractivity contribution is 0.616. The lowest BCUT2D eigenvalue weighted by atomic mass is 10.1. The maximum Gasteiger partial charge on any atom is 0.00989 e. The van der Waals surface area contributed by atoms with E-state index in [0.717, 1.165) is 18.2 Å². The van der Waals surface area contributed by atoms with Crippen LogP contribution >= 0.6 is 15.9 Å². The zero-order valence-electron chi connectivity index (χ0n) is 11.9. The Morgan fingerprint density at radius 2 is 1.17 bits per heavy atom. The van der Waals surface area contributed by atoms with Crippen molar-refractivity contribution in [1.29, 1.82) is 0 Å². The second-order valence-corrected chi connectivity index (χ2v) is 5.41. The Bertz CT molecular complexity index is 271. The molecule has 0 rings (SSSR count). The molecule has 0 aromatic heterocycles. The maximum absolute atomic E-state index is 3.46. The number of hydrogen-bond acceptors (Lipinski definition) is 0. The Kier molecular flexibility index (Phi) is 16.2. The van der Waals surface area contributed by atoms with Crippen molar-refractivity contribution in [3.05, 3.63) is 0 Å². The fourth-order valence-electron chi connectivity index (χ4n) is 1.69. The van der Waals surface area contributed by atoms with Gasteiger partial charge in [0, 0.05) is 18.2 Å². The first-order valence-corrected chi connectivity index (χ1v) is 8.55. The molecule has 0 atom stereocenters. The van der Waals surface area contributed by atoms with Crippen LogP contribution in [0.15, 0.2) is 0 Å². The summed E-state index contributed by atoms with van der Waals surface area (Å²) in [7, 11) is 0. The number of unbranched alkanes of at least 4 members (excludes halogenated alkanes) is 9. The molecule has 0 radical (unpaired) electrons. The smallest absolute Gasteiger partial charge is 0.00989 e. The van der Waals surface area contributed by atoms with E-state index in [-0.39, 0.29) is 0 Å². The van der Waals surface area contributed by atoms with Crippen molar-refractivity contribution in [3.63, 3.8) is 0 Å². The normalized spacial score (nSPS) is 9.22. The van der Waals surface area contributed by atoms with Crippen LogP contribution in [0.25, 0.3) is 0 Å². The Balaban J connectivity index is 3.22. The van der Waals surface area contributed by atoms with E-state index < -0.39 is 0 Å². The summed E-state index contributed by atoms with van der Waals surface area (Å²) in [5.74, 6) is 12.2. The van der Waals surface area contributed by atoms with Gasteiger partial charge in [-0.3, -0.25) is 0 Å². The van der Waals surface area contributed by atoms with Gasteiger partial charge < -0.3 is 0 Å². The minimum atomic E-state index is 1.01. The molecule has 0 amide bonds. The highest BCUT2D eigenvalue weighted by Gasteiger charge is 1.89. The topological polar surface area (TPSA) is 0 Å². The van der Waals surface area contributed by atoms with Gasteiger partial charge in [-0.1, -0.05) is 73.2 Å². The first-order valence-electron chi connectivity index (χ1n) is 7.43. The largest absolute Gasteiger partial charge is 0.0928 e. The second kappa shape index (κ2) is 16.6. The highest BCUT2D eigenvalue weighted by Crippen LogP contribution is 2.07. The summed E-state index contributed by atoms with van der Waals surface area (Å²) < 4.78 is 0. The lowest BCUT2D eigenvalue weighted by Crippen LogP contribution is -1.80. The van der Waals surface area contributed by atoms with Gasteiger partial charge in [0.15, 0.2) is 0 Å². The van der Waals surface area contributed by atoms with Crippen molar-refractivity contribution in [3.8, 4) is 23.7 Å². The van der Waals surface area contributed by atoms with Gasteiger partial charge in [0.25, 0.3) is 0 Å². The van der Waals surface area contributed by atoms with Crippen LogP contribution in [0.1, 0.15) is 77.6 Å². The molecule has 0 aliphatic heterocycles. The molecule has 18 heavy (non-hydrogen) atoms. The summed E-state index contributed by atoms with van der Waals surface area (Å²) in [4.78, 5) is 0. The molecule has 0 nitrogen and oxygen atoms in total. The first kappa shape index (κ1) is 17.6. The predicted octanol–water partition coefficient (Wildman–Crippen LogP) is 5.70. The van der Waals surface area contributed by atoms with Crippen LogP contribution in [0.2, 0.25) is 0 Å². The van der Waals surface area contributed by atoms with E-state index in [1.807, 2.05) is 0 Å². The quantitative estimate of drug-likeness (QED) is 0.276. The Hall–Kier alpha value is -0.400. The molecule has 0 aliphatic carbocycles. The summed E-state index contributed by atoms with van der Waals surface area (Å²) in [5.41, 5.74) is 0. The van der Waals surface area contributed by atoms with Gasteiger partial charge in [-0.25, -0.2) is 0 Å². The third kappa shape index (κ3) is 15.6. The van der Waals surface area contributed by atoms with Gasteiger partial charge >= 0.3 is 0 Å². The van der Waals surface area contributed by atoms with Gasteiger partial charge in [-0.15, -0.1) is 0 Å². The minimum absolute atomic E-state index is 1.01. The molecule has 0 aromatic rings. The van der Waals surface area contributed by atoms with Crippen molar-refractivity contribution >= 4 is 15.9 Å². The van der Waals surface area contributed by atoms with Crippen LogP contribution in [0.3, 0.4) is 0 Å². The van der Waals surface area contributed by atoms with E-state index >= 15 is 0 Å². The van der Waals surface area contributed by atoms with E-state index in [4.69, 9.17) is 0 Å². The summed E-state index contributed by atoms with van der Waals surface area (Å²) in [5, 5.41) is 1.15. The van der Waals surface area contributed by atoms with E-state index in [9.17, 15) is 0 Å². The first-order chi connectivity index (χ1) is 8.91. The molecule has 0 unspecified atom stereocenters. The maximum atomic E-state index is 3.46. The van der Waals surface area contributed by atoms with Crippen molar-refractivity contribution < 1.29 is 0 Å². The number of alkyl halides is 1. The molecule has 0 saturated carbocycles. The van der Waals surface area contributed by atoms with Gasteiger partial charge in [-0.2, -0.15) is 0 Å². The molecule has 1 heteroatoms. The molecule has 102 valence electrons. The van der Waals surface area contributed by atoms with Gasteiger partial charge in [0.05, 0.1) is 0 Å². The van der Waals surface area contributed by atoms with Crippen molar-refractivity contribution in [2.24, 2.45) is 0 Å². The van der Waals surface area contributed by atoms with E-state index in [0.29, 0.717) is 0 Å². The number of halogens is 1. The predicted molar refractivity (Wildman–Crippen MR) is 85.8 cm³/mol. The summed E-state index contributed by atoms with van der Waals surface area (Å²) in [6.45, 7) is 2.22. The molecule has 0 aliphatic rings. The van der Waals surface area contributed by atoms with E-state index in [1.165, 1.54) is 57.8 Å². The van der Waals surface area contributed by atoms with Gasteiger partial charge in [0.1, 0.15) is 0 Å². The van der Waals surface area contributed by atoms with E-state index in [2.05, 4.69) is 46.5 Å². The monoisotopic (exact) mass is 310 g/mol. The van der Waals surface area contributed by atoms with Crippen molar-refractivity contribution in [2.75, 3.05) is 5.33 Å². The zero-order chi connectivity index (χ0) is 13.3. The average molecular weight is 311 g/mol. The molecular formula is C17H27Br. The third-order valence-electron chi connectivity index (χ3n) is 2.83. The highest BCUT2D eigenvalue weighted by molar-refractivity contribution is 9.09. The van der Waals surface area contributed by atoms with Crippen molar-refractivity contribution in [2.45, 2.75) is 77.6 Å². The van der Waals surface area contributed by atoms with Crippen LogP contribution in [-0.2, 0) is 0 Å². The molecule has 0 spiro atoms. The molecule has 0 saturated heterocycles. The van der Waals surface area contributed by atoms with Gasteiger partial charge in [-0.05, 0) is 31.1 Å². The summed E-state index contributed by atoms with van der Waals surface area (Å²) in [6.07, 6.45) is 13.8. The molecule has 0 bridgehead atoms. The minimum Gasteiger partial charge on any atom is -0.0928 e. The Labute approximate surface area is 122 Å². The van der Waals surface area contributed by atoms with Crippen LogP contribution in [-0.4, -0.2) is 5.33 Å². The summed E-state index contributed by atoms with van der Waals surface area (Å²) >= 11 is 3.46.